The van der Waals surface area contributed by atoms with Crippen LogP contribution in [0.2, 0.25) is 0 Å². The van der Waals surface area contributed by atoms with Crippen LogP contribution in [0.15, 0.2) is 0 Å². The van der Waals surface area contributed by atoms with E-state index in [1.165, 1.54) is 0 Å². The zero-order chi connectivity index (χ0) is 60.1. The maximum Gasteiger partial charge on any atom is 0.472 e. The van der Waals surface area contributed by atoms with Gasteiger partial charge in [0.15, 0.2) is 18.9 Å². The smallest absolute Gasteiger partial charge is 0.472 e. The Morgan fingerprint density at radius 2 is 1.25 bits per heavy atom. The van der Waals surface area contributed by atoms with Crippen LogP contribution in [0.3, 0.4) is 0 Å². The summed E-state index contributed by atoms with van der Waals surface area (Å²) in [5.74, 6) is -6.68. The monoisotopic (exact) mass is 1200 g/mol. The summed E-state index contributed by atoms with van der Waals surface area (Å²) in [6.07, 6.45) is -48.0. The molecular weight excluding hydrogens is 1120 g/mol. The van der Waals surface area contributed by atoms with E-state index >= 15 is 0 Å². The number of aliphatic carboxylic acids is 1. The van der Waals surface area contributed by atoms with E-state index in [1.807, 2.05) is 0 Å². The number of ether oxygens (including phenoxy) is 8. The second-order valence-electron chi connectivity index (χ2n) is 19.1. The predicted molar refractivity (Wildman–Crippen MR) is 250 cm³/mol. The quantitative estimate of drug-likeness (QED) is 0.0226. The van der Waals surface area contributed by atoms with Gasteiger partial charge in [0, 0.05) is 33.4 Å². The van der Waals surface area contributed by atoms with Gasteiger partial charge in [-0.05, 0) is 0 Å². The summed E-state index contributed by atoms with van der Waals surface area (Å²) in [6, 6.07) is -3.47. The largest absolute Gasteiger partial charge is 0.477 e. The number of nitrogens with one attached hydrogen (secondary N) is 3. The number of phosphoric acid groups is 1. The number of amides is 2. The number of aliphatic hydroxyl groups excluding tert-OH is 18. The Morgan fingerprint density at radius 3 is 1.82 bits per heavy atom. The fourth-order valence-corrected chi connectivity index (χ4v) is 9.54. The van der Waals surface area contributed by atoms with Gasteiger partial charge < -0.3 is 156 Å². The number of carbonyl (C=O) groups excluding carboxylic acids is 2. The van der Waals surface area contributed by atoms with Crippen molar-refractivity contribution in [3.8, 4) is 0 Å². The standard InChI is InChI=1S/C42H76N3O34P/c1-14(51)44-24-17(54)5-42(41(66)67,79-36(24)27(59)19(56)8-47)70-13-23-28(60)31(63)32(64)39(75-23)77-35-22(11-50)74-38(25(30(35)62)45-15(2)52)78-37-29(61)21(10-49)73-40(33(37)65)76-34(20(57)9-48)26(58)18(55)6-43-3-4-71-80(68,69)72-12-16(53)7-46/h16-40,43,46-50,53-65H,3-13H2,1-2H3,(H,44,51)(H,45,52)(H,66,67)(H,68,69)/t16?,17-,18-,19+,20+,21+,22+,23+,24+,25+,26+,27+,28-,29-,30+,31-,32+,33+,34+,35+,36+,37-,38-,39-,40-,42+/m0/s1. The molecule has 0 aromatic heterocycles. The fraction of sp³-hybridized carbons (Fsp3) is 0.929. The minimum absolute atomic E-state index is 0.296. The van der Waals surface area contributed by atoms with Gasteiger partial charge in [0.1, 0.15) is 116 Å². The van der Waals surface area contributed by atoms with Crippen molar-refractivity contribution >= 4 is 25.6 Å². The number of aliphatic hydroxyl groups is 18. The van der Waals surface area contributed by atoms with Crippen molar-refractivity contribution in [3.63, 3.8) is 0 Å². The van der Waals surface area contributed by atoms with Crippen molar-refractivity contribution in [2.75, 3.05) is 65.9 Å². The number of phosphoric ester groups is 1. The van der Waals surface area contributed by atoms with E-state index in [2.05, 4.69) is 25.0 Å². The van der Waals surface area contributed by atoms with Gasteiger partial charge in [0.25, 0.3) is 5.79 Å². The molecule has 4 fully saturated rings. The first-order valence-corrected chi connectivity index (χ1v) is 26.3. The lowest BCUT2D eigenvalue weighted by molar-refractivity contribution is -0.375. The Labute approximate surface area is 453 Å². The molecule has 0 saturated carbocycles. The minimum atomic E-state index is -4.70. The molecule has 4 saturated heterocycles. The molecule has 37 nitrogen and oxygen atoms in total. The van der Waals surface area contributed by atoms with Crippen LogP contribution in [-0.2, 0) is 65.9 Å². The lowest BCUT2D eigenvalue weighted by atomic mass is 9.88. The Bertz CT molecular complexity index is 1960. The van der Waals surface area contributed by atoms with Gasteiger partial charge in [-0.3, -0.25) is 18.6 Å². The zero-order valence-corrected chi connectivity index (χ0v) is 43.7. The molecule has 4 aliphatic heterocycles. The van der Waals surface area contributed by atoms with Crippen molar-refractivity contribution in [1.29, 1.82) is 0 Å². The number of rotatable bonds is 31. The summed E-state index contributed by atoms with van der Waals surface area (Å²) in [7, 11) is -4.70. The first-order valence-electron chi connectivity index (χ1n) is 24.8. The third-order valence-corrected chi connectivity index (χ3v) is 14.1. The van der Waals surface area contributed by atoms with E-state index in [1.54, 1.807) is 0 Å². The normalized spacial score (nSPS) is 38.5. The lowest BCUT2D eigenvalue weighted by Crippen LogP contribution is -2.70. The maximum absolute atomic E-state index is 12.7. The number of carbonyl (C=O) groups is 3. The van der Waals surface area contributed by atoms with Gasteiger partial charge in [-0.1, -0.05) is 0 Å². The molecule has 0 aliphatic carbocycles. The van der Waals surface area contributed by atoms with Crippen LogP contribution in [-0.4, -0.2) is 344 Å². The highest BCUT2D eigenvalue weighted by atomic mass is 31.2. The number of hydrogen-bond donors (Lipinski definition) is 23. The van der Waals surface area contributed by atoms with E-state index < -0.39 is 250 Å². The molecule has 2 unspecified atom stereocenters. The molecule has 0 bridgehead atoms. The van der Waals surface area contributed by atoms with Crippen LogP contribution in [0, 0.1) is 0 Å². The van der Waals surface area contributed by atoms with E-state index in [4.69, 9.17) is 43.0 Å². The molecule has 0 aromatic rings. The summed E-state index contributed by atoms with van der Waals surface area (Å²) in [6.45, 7) is -6.57. The minimum Gasteiger partial charge on any atom is -0.477 e. The van der Waals surface area contributed by atoms with Crippen LogP contribution in [0.4, 0.5) is 0 Å². The Kier molecular flexibility index (Phi) is 27.6. The van der Waals surface area contributed by atoms with Gasteiger partial charge in [-0.15, -0.1) is 0 Å². The van der Waals surface area contributed by atoms with Gasteiger partial charge >= 0.3 is 13.8 Å². The topological polar surface area (TPSA) is 601 Å². The van der Waals surface area contributed by atoms with Gasteiger partial charge in [0.05, 0.1) is 71.1 Å². The molecule has 0 aromatic carbocycles. The molecule has 2 amide bonds. The molecule has 0 radical (unpaired) electrons. The van der Waals surface area contributed by atoms with Crippen LogP contribution >= 0.6 is 7.82 Å². The van der Waals surface area contributed by atoms with Crippen molar-refractivity contribution < 1.29 is 168 Å². The predicted octanol–water partition coefficient (Wildman–Crippen LogP) is -13.7. The molecular formula is C42H76N3O34P. The highest BCUT2D eigenvalue weighted by Gasteiger charge is 2.58. The zero-order valence-electron chi connectivity index (χ0n) is 42.8. The van der Waals surface area contributed by atoms with E-state index in [9.17, 15) is 116 Å². The Hall–Kier alpha value is -2.56. The van der Waals surface area contributed by atoms with Crippen molar-refractivity contribution in [2.24, 2.45) is 0 Å². The van der Waals surface area contributed by atoms with Gasteiger partial charge in [0.2, 0.25) is 11.8 Å². The van der Waals surface area contributed by atoms with Crippen molar-refractivity contribution in [2.45, 2.75) is 179 Å². The average Bonchev–Trinajstić information content (AvgIpc) is 3.44. The van der Waals surface area contributed by atoms with Crippen LogP contribution in [0.5, 0.6) is 0 Å². The van der Waals surface area contributed by atoms with Crippen LogP contribution in [0.25, 0.3) is 0 Å². The molecule has 4 aliphatic rings. The second-order valence-corrected chi connectivity index (χ2v) is 20.6. The Balaban J connectivity index is 1.51. The van der Waals surface area contributed by atoms with Crippen LogP contribution in [0.1, 0.15) is 20.3 Å². The molecule has 468 valence electrons. The summed E-state index contributed by atoms with van der Waals surface area (Å²) in [4.78, 5) is 47.0. The highest BCUT2D eigenvalue weighted by molar-refractivity contribution is 7.47. The maximum atomic E-state index is 12.7. The third kappa shape index (κ3) is 18.0. The molecule has 4 rings (SSSR count). The van der Waals surface area contributed by atoms with Gasteiger partial charge in [-0.2, -0.15) is 0 Å². The molecule has 0 spiro atoms. The van der Waals surface area contributed by atoms with E-state index in [0.29, 0.717) is 0 Å². The Morgan fingerprint density at radius 1 is 0.662 bits per heavy atom. The second kappa shape index (κ2) is 31.5. The third-order valence-electron chi connectivity index (χ3n) is 13.1. The van der Waals surface area contributed by atoms with Crippen molar-refractivity contribution in [3.05, 3.63) is 0 Å². The summed E-state index contributed by atoms with van der Waals surface area (Å²) < 4.78 is 66.5. The lowest BCUT2D eigenvalue weighted by Gasteiger charge is -2.50. The molecule has 4 heterocycles. The molecule has 27 atom stereocenters. The van der Waals surface area contributed by atoms with Crippen molar-refractivity contribution in [1.82, 2.24) is 16.0 Å². The number of hydrogen-bond acceptors (Lipinski definition) is 33. The fourth-order valence-electron chi connectivity index (χ4n) is 8.79. The first kappa shape index (κ1) is 69.9. The van der Waals surface area contributed by atoms with Gasteiger partial charge in [-0.25, -0.2) is 9.36 Å². The summed E-state index contributed by atoms with van der Waals surface area (Å²) >= 11 is 0. The summed E-state index contributed by atoms with van der Waals surface area (Å²) in [5, 5.41) is 207. The number of carboxylic acids is 1. The average molecular weight is 1200 g/mol. The molecule has 80 heavy (non-hydrogen) atoms. The first-order chi connectivity index (χ1) is 37.5. The van der Waals surface area contributed by atoms with Crippen LogP contribution < -0.4 is 16.0 Å². The highest BCUT2D eigenvalue weighted by Crippen LogP contribution is 2.43. The van der Waals surface area contributed by atoms with E-state index in [-0.39, 0.29) is 6.54 Å². The molecule has 38 heteroatoms. The molecule has 23 N–H and O–H groups in total. The SMILES string of the molecule is CC(=O)N[C@H]1[C@H](O[C@H]2[C@@H](O)[C@@H](CO)O[C@@H](O[C@@H]([C@H](O)[C@@H](O)CNCCOP(=O)(O)OCC(O)CO)[C@H](O)CO)[C@@H]2O)O[C@H](CO)[C@@H](O[C@@H]2O[C@H](CO[C@]3(C(=O)O)C[C@H](O)[C@@H](NC(C)=O)[C@H]([C@H](O)[C@H](O)CO)O3)[C@H](O)[C@H](O)[C@H]2O)[C@@H]1O. The number of carboxylic acid groups (broad SMARTS) is 1. The van der Waals surface area contributed by atoms with E-state index in [0.717, 1.165) is 13.8 Å². The summed E-state index contributed by atoms with van der Waals surface area (Å²) in [5.41, 5.74) is 0.